The van der Waals surface area contributed by atoms with Crippen LogP contribution in [0.4, 0.5) is 0 Å². The predicted molar refractivity (Wildman–Crippen MR) is 89.6 cm³/mol. The van der Waals surface area contributed by atoms with Gasteiger partial charge in [-0.15, -0.1) is 22.7 Å². The van der Waals surface area contributed by atoms with E-state index in [0.717, 1.165) is 15.3 Å². The summed E-state index contributed by atoms with van der Waals surface area (Å²) in [4.78, 5) is 3.26. The van der Waals surface area contributed by atoms with E-state index in [2.05, 4.69) is 10.0 Å². The third kappa shape index (κ3) is 3.92. The van der Waals surface area contributed by atoms with Crippen molar-refractivity contribution in [3.63, 3.8) is 0 Å². The second-order valence-corrected chi connectivity index (χ2v) is 9.39. The smallest absolute Gasteiger partial charge is 0.250 e. The summed E-state index contributed by atoms with van der Waals surface area (Å²) in [5, 5.41) is 3.06. The van der Waals surface area contributed by atoms with Crippen molar-refractivity contribution in [1.29, 1.82) is 0 Å². The average Bonchev–Trinajstić information content (AvgIpc) is 2.97. The predicted octanol–water partition coefficient (Wildman–Crippen LogP) is 3.19. The van der Waals surface area contributed by atoms with Crippen LogP contribution in [0.1, 0.15) is 33.2 Å². The molecule has 0 radical (unpaired) electrons. The van der Waals surface area contributed by atoms with Gasteiger partial charge in [0.05, 0.1) is 6.04 Å². The number of aryl methyl sites for hydroxylation is 2. The number of nitrogens with one attached hydrogen (secondary N) is 2. The lowest BCUT2D eigenvalue weighted by molar-refractivity contribution is 0.570. The zero-order valence-electron chi connectivity index (χ0n) is 12.6. The summed E-state index contributed by atoms with van der Waals surface area (Å²) in [6.45, 7) is 6.51. The fraction of sp³-hybridized carbons (Fsp3) is 0.429. The normalized spacial score (nSPS) is 13.5. The molecule has 0 aromatic carbocycles. The summed E-state index contributed by atoms with van der Waals surface area (Å²) in [6.07, 6.45) is 0. The van der Waals surface area contributed by atoms with Crippen LogP contribution in [0.15, 0.2) is 22.4 Å². The zero-order valence-corrected chi connectivity index (χ0v) is 15.0. The van der Waals surface area contributed by atoms with Gasteiger partial charge in [-0.1, -0.05) is 0 Å². The van der Waals surface area contributed by atoms with Gasteiger partial charge in [0, 0.05) is 21.2 Å². The van der Waals surface area contributed by atoms with E-state index in [-0.39, 0.29) is 6.04 Å². The summed E-state index contributed by atoms with van der Waals surface area (Å²) in [5.74, 6) is 0. The maximum atomic E-state index is 12.5. The molecular formula is C14H20N2O2S3. The third-order valence-electron chi connectivity index (χ3n) is 3.12. The Morgan fingerprint density at radius 3 is 2.52 bits per heavy atom. The first-order chi connectivity index (χ1) is 9.83. The first-order valence-corrected chi connectivity index (χ1v) is 9.77. The summed E-state index contributed by atoms with van der Waals surface area (Å²) in [7, 11) is -1.62. The van der Waals surface area contributed by atoms with Gasteiger partial charge in [-0.25, -0.2) is 13.1 Å². The van der Waals surface area contributed by atoms with Gasteiger partial charge >= 0.3 is 0 Å². The molecule has 7 heteroatoms. The van der Waals surface area contributed by atoms with E-state index >= 15 is 0 Å². The molecule has 2 rings (SSSR count). The largest absolute Gasteiger partial charge is 0.315 e. The molecule has 2 heterocycles. The Hall–Kier alpha value is -0.730. The van der Waals surface area contributed by atoms with E-state index in [4.69, 9.17) is 0 Å². The van der Waals surface area contributed by atoms with Crippen LogP contribution >= 0.6 is 22.7 Å². The SMILES string of the molecule is CNCc1sc(S(=O)(=O)NC(C)c2ccc(C)s2)cc1C. The van der Waals surface area contributed by atoms with Crippen molar-refractivity contribution in [1.82, 2.24) is 10.0 Å². The summed E-state index contributed by atoms with van der Waals surface area (Å²) < 4.78 is 28.1. The molecule has 21 heavy (non-hydrogen) atoms. The van der Waals surface area contributed by atoms with Crippen LogP contribution in [0.3, 0.4) is 0 Å². The zero-order chi connectivity index (χ0) is 15.6. The Bertz CT molecular complexity index is 716. The molecule has 1 atom stereocenters. The molecule has 2 aromatic rings. The van der Waals surface area contributed by atoms with Gasteiger partial charge < -0.3 is 5.32 Å². The van der Waals surface area contributed by atoms with Crippen molar-refractivity contribution in [3.8, 4) is 0 Å². The molecule has 4 nitrogen and oxygen atoms in total. The quantitative estimate of drug-likeness (QED) is 0.846. The minimum atomic E-state index is -3.47. The van der Waals surface area contributed by atoms with Crippen molar-refractivity contribution in [2.24, 2.45) is 0 Å². The van der Waals surface area contributed by atoms with Gasteiger partial charge in [0.1, 0.15) is 4.21 Å². The molecule has 2 aromatic heterocycles. The molecular weight excluding hydrogens is 324 g/mol. The van der Waals surface area contributed by atoms with Gasteiger partial charge in [0.25, 0.3) is 10.0 Å². The molecule has 0 amide bonds. The van der Waals surface area contributed by atoms with Crippen molar-refractivity contribution in [2.75, 3.05) is 7.05 Å². The molecule has 0 spiro atoms. The molecule has 0 aliphatic heterocycles. The molecule has 116 valence electrons. The monoisotopic (exact) mass is 344 g/mol. The topological polar surface area (TPSA) is 58.2 Å². The molecule has 0 saturated carbocycles. The Morgan fingerprint density at radius 2 is 1.95 bits per heavy atom. The Morgan fingerprint density at radius 1 is 1.24 bits per heavy atom. The van der Waals surface area contributed by atoms with E-state index in [1.165, 1.54) is 16.2 Å². The average molecular weight is 345 g/mol. The Kier molecular flexibility index (Phi) is 5.21. The lowest BCUT2D eigenvalue weighted by Gasteiger charge is -2.11. The minimum absolute atomic E-state index is 0.219. The first-order valence-electron chi connectivity index (χ1n) is 6.66. The lowest BCUT2D eigenvalue weighted by atomic mass is 10.3. The molecule has 1 unspecified atom stereocenters. The second kappa shape index (κ2) is 6.58. The van der Waals surface area contributed by atoms with Crippen LogP contribution in [0.5, 0.6) is 0 Å². The van der Waals surface area contributed by atoms with Gasteiger partial charge in [0.2, 0.25) is 0 Å². The molecule has 0 bridgehead atoms. The molecule has 0 fully saturated rings. The highest BCUT2D eigenvalue weighted by molar-refractivity contribution is 7.91. The highest BCUT2D eigenvalue weighted by Gasteiger charge is 2.22. The van der Waals surface area contributed by atoms with E-state index in [9.17, 15) is 8.42 Å². The van der Waals surface area contributed by atoms with Gasteiger partial charge in [-0.3, -0.25) is 0 Å². The highest BCUT2D eigenvalue weighted by Crippen LogP contribution is 2.28. The Balaban J connectivity index is 2.20. The van der Waals surface area contributed by atoms with Crippen molar-refractivity contribution < 1.29 is 8.42 Å². The fourth-order valence-electron chi connectivity index (χ4n) is 1.99. The minimum Gasteiger partial charge on any atom is -0.315 e. The van der Waals surface area contributed by atoms with Crippen LogP contribution in [-0.2, 0) is 16.6 Å². The Labute approximate surface area is 134 Å². The van der Waals surface area contributed by atoms with Crippen LogP contribution in [0.25, 0.3) is 0 Å². The third-order valence-corrected chi connectivity index (χ3v) is 7.55. The summed E-state index contributed by atoms with van der Waals surface area (Å²) >= 11 is 2.94. The van der Waals surface area contributed by atoms with Gasteiger partial charge in [0.15, 0.2) is 0 Å². The first kappa shape index (κ1) is 16.6. The van der Waals surface area contributed by atoms with Crippen molar-refractivity contribution in [2.45, 2.75) is 37.6 Å². The maximum Gasteiger partial charge on any atom is 0.250 e. The van der Waals surface area contributed by atoms with E-state index in [0.29, 0.717) is 10.8 Å². The molecule has 2 N–H and O–H groups in total. The second-order valence-electron chi connectivity index (χ2n) is 4.99. The number of rotatable bonds is 6. The number of hydrogen-bond acceptors (Lipinski definition) is 5. The number of thiophene rings is 2. The summed E-state index contributed by atoms with van der Waals surface area (Å²) in [5.41, 5.74) is 1.01. The van der Waals surface area contributed by atoms with Crippen molar-refractivity contribution in [3.05, 3.63) is 38.4 Å². The van der Waals surface area contributed by atoms with Gasteiger partial charge in [-0.2, -0.15) is 0 Å². The van der Waals surface area contributed by atoms with E-state index in [1.54, 1.807) is 17.4 Å². The molecule has 0 aliphatic carbocycles. The van der Waals surface area contributed by atoms with Gasteiger partial charge in [-0.05, 0) is 51.6 Å². The lowest BCUT2D eigenvalue weighted by Crippen LogP contribution is -2.25. The van der Waals surface area contributed by atoms with Crippen LogP contribution in [0, 0.1) is 13.8 Å². The highest BCUT2D eigenvalue weighted by atomic mass is 32.2. The number of sulfonamides is 1. The van der Waals surface area contributed by atoms with Crippen LogP contribution < -0.4 is 10.0 Å². The maximum absolute atomic E-state index is 12.5. The van der Waals surface area contributed by atoms with Crippen LogP contribution in [0.2, 0.25) is 0 Å². The van der Waals surface area contributed by atoms with E-state index in [1.807, 2.05) is 40.0 Å². The molecule has 0 saturated heterocycles. The molecule has 0 aliphatic rings. The fourth-order valence-corrected chi connectivity index (χ4v) is 5.79. The van der Waals surface area contributed by atoms with Crippen LogP contribution in [-0.4, -0.2) is 15.5 Å². The standard InChI is InChI=1S/C14H20N2O2S3/c1-9-7-14(20-13(9)8-15-4)21(17,18)16-11(3)12-6-5-10(2)19-12/h5-7,11,15-16H,8H2,1-4H3. The number of hydrogen-bond donors (Lipinski definition) is 2. The van der Waals surface area contributed by atoms with Crippen molar-refractivity contribution >= 4 is 32.7 Å². The summed E-state index contributed by atoms with van der Waals surface area (Å²) in [6, 6.07) is 5.50. The van der Waals surface area contributed by atoms with E-state index < -0.39 is 10.0 Å².